The van der Waals surface area contributed by atoms with Crippen LogP contribution in [-0.2, 0) is 28.2 Å². The Labute approximate surface area is 641 Å². The van der Waals surface area contributed by atoms with Crippen LogP contribution in [0.5, 0.6) is 0 Å². The van der Waals surface area contributed by atoms with Crippen LogP contribution in [0.4, 0.5) is 70.2 Å². The van der Waals surface area contributed by atoms with Crippen LogP contribution < -0.4 is 114 Å². The number of benzene rings is 4. The number of hydrogen-bond donors (Lipinski definition) is 2. The molecule has 0 atom stereocenters. The number of halogens is 20. The summed E-state index contributed by atoms with van der Waals surface area (Å²) in [5, 5.41) is 0. The first-order valence-corrected chi connectivity index (χ1v) is 31.3. The second-order valence-corrected chi connectivity index (χ2v) is 25.9. The molecule has 514 valence electrons. The summed E-state index contributed by atoms with van der Waals surface area (Å²) in [5.41, 5.74) is -16.2. The van der Waals surface area contributed by atoms with E-state index >= 15 is 70.2 Å². The van der Waals surface area contributed by atoms with E-state index in [0.29, 0.717) is 0 Å². The van der Waals surface area contributed by atoms with Gasteiger partial charge in [0.1, 0.15) is 28.2 Å². The molecule has 4 aromatic carbocycles. The average Bonchev–Trinajstić information content (AvgIpc) is 1.47. The van der Waals surface area contributed by atoms with E-state index in [2.05, 4.69) is 19.9 Å². The van der Waals surface area contributed by atoms with E-state index in [1.807, 2.05) is 0 Å². The highest BCUT2D eigenvalue weighted by molar-refractivity contribution is 8.00. The molecule has 32 heteroatoms. The molecule has 7 aromatic heterocycles. The molecular weight excluding hydrogens is 1870 g/mol. The highest BCUT2D eigenvalue weighted by Gasteiger charge is 2.36. The summed E-state index contributed by atoms with van der Waals surface area (Å²) in [7, 11) is 6.47. The Kier molecular flexibility index (Phi) is 24.1. The van der Waals surface area contributed by atoms with Gasteiger partial charge in [-0.25, -0.2) is 98.5 Å². The summed E-state index contributed by atoms with van der Waals surface area (Å²) in [6.45, 7) is 0. The molecule has 2 aliphatic heterocycles. The summed E-state index contributed by atoms with van der Waals surface area (Å²) in [5.74, 6) is -32.7. The molecule has 100 heavy (non-hydrogen) atoms. The van der Waals surface area contributed by atoms with Crippen molar-refractivity contribution in [1.29, 1.82) is 0 Å². The molecule has 13 rings (SSSR count). The molecule has 0 aliphatic carbocycles. The van der Waals surface area contributed by atoms with Gasteiger partial charge in [-0.05, 0) is 48.6 Å². The fraction of sp³-hybridized carbons (Fsp3) is 0.0588. The monoisotopic (exact) mass is 1910 g/mol. The molecule has 0 saturated heterocycles. The SMILES string of the molecule is C[n+]1ccc(Sc2c(F)c(F)c(-c3c4nc(c(-c5c(F)c(F)c(Sc6cc[n+](C)cc6)c(F)c5F)c5ccc([nH]5)c(-c5c(F)c(F)c(Sc6cc[n+](C)cc6)c(F)c5F)c5nc(c(-c6c(F)c(F)c(Sc7cc[n+](C)cc7)c(F)c6F)c6ccc3[nH]6)C=C5)C=C4)c(F)c2F)cc1.[I-].[I-].[I-].[I-]. The van der Waals surface area contributed by atoms with Crippen molar-refractivity contribution >= 4 is 93.4 Å². The molecule has 2 aliphatic rings. The van der Waals surface area contributed by atoms with Crippen molar-refractivity contribution < 1.29 is 184 Å². The van der Waals surface area contributed by atoms with E-state index in [9.17, 15) is 0 Å². The lowest BCUT2D eigenvalue weighted by Crippen LogP contribution is -3.00. The minimum Gasteiger partial charge on any atom is -1.00 e. The Hall–Kier alpha value is -6.72. The highest BCUT2D eigenvalue weighted by atomic mass is 127. The van der Waals surface area contributed by atoms with Crippen LogP contribution >= 0.6 is 47.0 Å². The zero-order valence-corrected chi connectivity index (χ0v) is 62.6. The van der Waals surface area contributed by atoms with Gasteiger partial charge in [0.15, 0.2) is 143 Å². The van der Waals surface area contributed by atoms with E-state index in [1.54, 1.807) is 46.5 Å². The summed E-state index contributed by atoms with van der Waals surface area (Å²) in [6.07, 6.45) is 15.2. The van der Waals surface area contributed by atoms with E-state index in [4.69, 9.17) is 0 Å². The average molecular weight is 1910 g/mol. The van der Waals surface area contributed by atoms with Gasteiger partial charge in [0.25, 0.3) is 0 Å². The number of pyridine rings is 4. The van der Waals surface area contributed by atoms with Crippen LogP contribution in [0.3, 0.4) is 0 Å². The summed E-state index contributed by atoms with van der Waals surface area (Å²) < 4.78 is 279. The molecule has 0 radical (unpaired) electrons. The summed E-state index contributed by atoms with van der Waals surface area (Å²) >= 11 is 1.10. The number of fused-ring (bicyclic) bond motifs is 8. The van der Waals surface area contributed by atoms with Crippen LogP contribution in [-0.4, -0.2) is 19.9 Å². The zero-order chi connectivity index (χ0) is 68.0. The van der Waals surface area contributed by atoms with Gasteiger partial charge in [0.2, 0.25) is 0 Å². The third kappa shape index (κ3) is 14.2. The Morgan fingerprint density at radius 1 is 0.240 bits per heavy atom. The first-order chi connectivity index (χ1) is 45.9. The number of aryl methyl sites for hydroxylation is 4. The predicted octanol–water partition coefficient (Wildman–Crippen LogP) is 5.47. The molecule has 2 N–H and O–H groups in total. The second kappa shape index (κ2) is 31.1. The van der Waals surface area contributed by atoms with Gasteiger partial charge >= 0.3 is 0 Å². The van der Waals surface area contributed by atoms with Crippen LogP contribution in [0.25, 0.3) is 90.9 Å². The molecule has 0 spiro atoms. The molecule has 0 fully saturated rings. The van der Waals surface area contributed by atoms with Crippen LogP contribution in [0.2, 0.25) is 0 Å². The van der Waals surface area contributed by atoms with Crippen molar-refractivity contribution in [2.45, 2.75) is 39.2 Å². The Balaban J connectivity index is 0.00000292. The van der Waals surface area contributed by atoms with Crippen LogP contribution in [0.15, 0.2) is 162 Å². The maximum absolute atomic E-state index is 17.3. The minimum atomic E-state index is -2.10. The smallest absolute Gasteiger partial charge is 0.176 e. The number of nitrogens with zero attached hydrogens (tertiary/aromatic N) is 6. The third-order valence-corrected chi connectivity index (χ3v) is 19.6. The van der Waals surface area contributed by atoms with Crippen molar-refractivity contribution in [3.05, 3.63) is 238 Å². The Bertz CT molecular complexity index is 4610. The lowest BCUT2D eigenvalue weighted by atomic mass is 10.0. The van der Waals surface area contributed by atoms with Gasteiger partial charge in [-0.15, -0.1) is 0 Å². The normalized spacial score (nSPS) is 11.6. The number of H-pyrrole nitrogens is 2. The Morgan fingerprint density at radius 2 is 0.400 bits per heavy atom. The molecule has 0 saturated carbocycles. The van der Waals surface area contributed by atoms with Crippen LogP contribution in [0, 0.1) is 93.1 Å². The van der Waals surface area contributed by atoms with E-state index in [1.165, 1.54) is 98.1 Å². The van der Waals surface area contributed by atoms with Crippen molar-refractivity contribution in [2.24, 2.45) is 28.2 Å². The molecular formula is C68H38F16I4N8S4. The lowest BCUT2D eigenvalue weighted by Gasteiger charge is -2.14. The summed E-state index contributed by atoms with van der Waals surface area (Å²) in [6, 6.07) is 14.5. The zero-order valence-electron chi connectivity index (χ0n) is 50.7. The topological polar surface area (TPSA) is 72.9 Å². The largest absolute Gasteiger partial charge is 1.00 e. The van der Waals surface area contributed by atoms with E-state index < -0.39 is 202 Å². The maximum atomic E-state index is 17.3. The van der Waals surface area contributed by atoms with Gasteiger partial charge in [0.05, 0.1) is 64.6 Å². The van der Waals surface area contributed by atoms with E-state index in [-0.39, 0.29) is 163 Å². The molecule has 9 heterocycles. The summed E-state index contributed by atoms with van der Waals surface area (Å²) in [4.78, 5) is 9.67. The van der Waals surface area contributed by atoms with E-state index in [0.717, 1.165) is 48.6 Å². The van der Waals surface area contributed by atoms with Gasteiger partial charge in [-0.1, -0.05) is 47.0 Å². The predicted molar refractivity (Wildman–Crippen MR) is 327 cm³/mol. The molecule has 8 nitrogen and oxygen atoms in total. The molecule has 8 bridgehead atoms. The molecule has 11 aromatic rings. The fourth-order valence-electron chi connectivity index (χ4n) is 10.6. The standard InChI is InChI=1S/C68H38F16N8S4.4HI/c1-89-21-13-29(14-22-89)93-65-57(77)49(69)45(50(70)58(65)78)41-33-5-7-35(85-33)42(46-51(71)59(79)66(60(80)52(46)72)94-30-15-23-90(2)24-16-30)37-9-11-39(87-37)44(48-55(75)63(83)68(64(84)56(48)76)96-32-19-27-92(4)28-20-32)40-12-10-38(88-40)43(36-8-6-34(41)86-36)47-53(73)61(81)67(62(82)54(47)74)95-31-17-25-91(3)26-18-31;;;;/h5-28,85,88H,1-4H3;4*1H/q+4;;;;/p-4. The first kappa shape index (κ1) is 77.4. The van der Waals surface area contributed by atoms with Crippen molar-refractivity contribution in [1.82, 2.24) is 19.9 Å². The molecule has 0 unspecified atom stereocenters. The lowest BCUT2D eigenvalue weighted by molar-refractivity contribution is -0.671. The second-order valence-electron chi connectivity index (χ2n) is 21.5. The van der Waals surface area contributed by atoms with Gasteiger partial charge in [-0.2, -0.15) is 0 Å². The fourth-order valence-corrected chi connectivity index (χ4v) is 14.0. The van der Waals surface area contributed by atoms with Crippen molar-refractivity contribution in [2.75, 3.05) is 0 Å². The quantitative estimate of drug-likeness (QED) is 0.0734. The Morgan fingerprint density at radius 3 is 0.560 bits per heavy atom. The first-order valence-electron chi connectivity index (χ1n) is 28.0. The van der Waals surface area contributed by atoms with Gasteiger partial charge in [-0.3, -0.25) is 0 Å². The number of aromatic nitrogens is 8. The molecule has 0 amide bonds. The number of rotatable bonds is 12. The van der Waals surface area contributed by atoms with Crippen LogP contribution in [0.1, 0.15) is 22.8 Å². The van der Waals surface area contributed by atoms with Gasteiger partial charge in [0, 0.05) is 112 Å². The minimum absolute atomic E-state index is 0. The maximum Gasteiger partial charge on any atom is 0.176 e. The van der Waals surface area contributed by atoms with Gasteiger partial charge < -0.3 is 106 Å². The number of aromatic amines is 2. The third-order valence-electron chi connectivity index (χ3n) is 15.3. The van der Waals surface area contributed by atoms with Crippen molar-refractivity contribution in [3.63, 3.8) is 0 Å². The number of nitrogens with one attached hydrogen (secondary N) is 2. The van der Waals surface area contributed by atoms with Crippen molar-refractivity contribution in [3.8, 4) is 44.5 Å². The number of hydrogen-bond acceptors (Lipinski definition) is 6. The highest BCUT2D eigenvalue weighted by Crippen LogP contribution is 2.49.